The first-order chi connectivity index (χ1) is 14.2. The van der Waals surface area contributed by atoms with Crippen LogP contribution in [0.3, 0.4) is 0 Å². The zero-order valence-corrected chi connectivity index (χ0v) is 18.9. The first-order valence-electron chi connectivity index (χ1n) is 9.22. The number of carbonyl (C=O) groups is 2. The summed E-state index contributed by atoms with van der Waals surface area (Å²) in [6.45, 7) is 2.02. The molecule has 0 aliphatic carbocycles. The highest BCUT2D eigenvalue weighted by Gasteiger charge is 2.17. The predicted octanol–water partition coefficient (Wildman–Crippen LogP) is 3.32. The first kappa shape index (κ1) is 24.1. The summed E-state index contributed by atoms with van der Waals surface area (Å²) in [6, 6.07) is 11.2. The summed E-state index contributed by atoms with van der Waals surface area (Å²) < 4.78 is 25.8. The van der Waals surface area contributed by atoms with Crippen molar-refractivity contribution >= 4 is 50.7 Å². The molecule has 0 atom stereocenters. The van der Waals surface area contributed by atoms with Gasteiger partial charge in [0.25, 0.3) is 0 Å². The Labute approximate surface area is 186 Å². The summed E-state index contributed by atoms with van der Waals surface area (Å²) in [5.74, 6) is -0.591. The maximum Gasteiger partial charge on any atom is 0.244 e. The molecule has 2 amide bonds. The number of carbonyl (C=O) groups excluding carboxylic acids is 2. The highest BCUT2D eigenvalue weighted by atomic mass is 35.5. The molecular weight excluding hydrogens is 449 g/mol. The quantitative estimate of drug-likeness (QED) is 0.586. The molecule has 0 aliphatic heterocycles. The summed E-state index contributed by atoms with van der Waals surface area (Å²) in [5, 5.41) is 3.27. The Hall–Kier alpha value is -2.13. The van der Waals surface area contributed by atoms with Crippen LogP contribution >= 0.6 is 23.2 Å². The molecule has 2 N–H and O–H groups in total. The van der Waals surface area contributed by atoms with Crippen LogP contribution < -0.4 is 10.0 Å². The molecule has 2 aromatic carbocycles. The van der Waals surface area contributed by atoms with Crippen molar-refractivity contribution in [3.63, 3.8) is 0 Å². The number of anilines is 1. The lowest BCUT2D eigenvalue weighted by Gasteiger charge is -2.21. The largest absolute Gasteiger partial charge is 0.334 e. The predicted molar refractivity (Wildman–Crippen MR) is 118 cm³/mol. The number of halogens is 2. The molecule has 0 radical (unpaired) electrons. The smallest absolute Gasteiger partial charge is 0.244 e. The second kappa shape index (κ2) is 10.8. The number of nitrogens with one attached hydrogen (secondary N) is 2. The molecule has 0 heterocycles. The van der Waals surface area contributed by atoms with E-state index in [0.717, 1.165) is 5.56 Å². The fraction of sp³-hybridized carbons (Fsp3) is 0.300. The summed E-state index contributed by atoms with van der Waals surface area (Å²) in [7, 11) is -2.15. The maximum atomic E-state index is 12.5. The van der Waals surface area contributed by atoms with E-state index in [2.05, 4.69) is 10.0 Å². The Morgan fingerprint density at radius 1 is 1.03 bits per heavy atom. The molecule has 7 nitrogen and oxygen atoms in total. The number of rotatable bonds is 9. The molecule has 2 aromatic rings. The van der Waals surface area contributed by atoms with Gasteiger partial charge < -0.3 is 10.2 Å². The van der Waals surface area contributed by atoms with Gasteiger partial charge in [-0.2, -0.15) is 0 Å². The van der Waals surface area contributed by atoms with Crippen LogP contribution in [0.2, 0.25) is 10.0 Å². The Balaban J connectivity index is 1.94. The van der Waals surface area contributed by atoms with Crippen LogP contribution in [0.1, 0.15) is 18.9 Å². The molecular formula is C20H23Cl2N3O4S. The Morgan fingerprint density at radius 3 is 2.17 bits per heavy atom. The highest BCUT2D eigenvalue weighted by molar-refractivity contribution is 7.89. The Bertz CT molecular complexity index is 991. The minimum atomic E-state index is -3.50. The van der Waals surface area contributed by atoms with Crippen LogP contribution in [0.4, 0.5) is 5.69 Å². The average molecular weight is 472 g/mol. The molecule has 2 rings (SSSR count). The van der Waals surface area contributed by atoms with Crippen LogP contribution in [-0.2, 0) is 26.0 Å². The second-order valence-electron chi connectivity index (χ2n) is 6.40. The maximum absolute atomic E-state index is 12.5. The molecule has 0 unspecified atom stereocenters. The number of para-hydroxylation sites is 1. The zero-order valence-electron chi connectivity index (χ0n) is 16.6. The Kier molecular flexibility index (Phi) is 8.66. The topological polar surface area (TPSA) is 95.6 Å². The van der Waals surface area contributed by atoms with Gasteiger partial charge in [0.05, 0.1) is 27.2 Å². The van der Waals surface area contributed by atoms with E-state index in [9.17, 15) is 18.0 Å². The highest BCUT2D eigenvalue weighted by Crippen LogP contribution is 2.29. The molecule has 162 valence electrons. The number of sulfonamides is 1. The van der Waals surface area contributed by atoms with Gasteiger partial charge in [0.1, 0.15) is 0 Å². The Morgan fingerprint density at radius 2 is 1.63 bits per heavy atom. The van der Waals surface area contributed by atoms with E-state index in [1.165, 1.54) is 24.1 Å². The van der Waals surface area contributed by atoms with Crippen LogP contribution in [0.25, 0.3) is 0 Å². The SMILES string of the molecule is CCN(CC(=O)Nc1c(Cl)cccc1Cl)C(=O)CCc1ccc(S(=O)(=O)NC)cc1. The number of benzene rings is 2. The summed E-state index contributed by atoms with van der Waals surface area (Å²) in [4.78, 5) is 26.5. The molecule has 0 fully saturated rings. The first-order valence-corrected chi connectivity index (χ1v) is 11.5. The van der Waals surface area contributed by atoms with Gasteiger partial charge in [-0.05, 0) is 50.2 Å². The van der Waals surface area contributed by atoms with Gasteiger partial charge in [-0.1, -0.05) is 41.4 Å². The third kappa shape index (κ3) is 6.43. The van der Waals surface area contributed by atoms with Crippen molar-refractivity contribution in [2.75, 3.05) is 25.5 Å². The van der Waals surface area contributed by atoms with Crippen molar-refractivity contribution in [3.05, 3.63) is 58.1 Å². The summed E-state index contributed by atoms with van der Waals surface area (Å²) in [5.41, 5.74) is 1.13. The molecule has 0 aromatic heterocycles. The van der Waals surface area contributed by atoms with E-state index >= 15 is 0 Å². The van der Waals surface area contributed by atoms with Gasteiger partial charge in [-0.3, -0.25) is 9.59 Å². The van der Waals surface area contributed by atoms with Gasteiger partial charge >= 0.3 is 0 Å². The van der Waals surface area contributed by atoms with Crippen LogP contribution in [0, 0.1) is 0 Å². The van der Waals surface area contributed by atoms with E-state index in [1.54, 1.807) is 37.3 Å². The molecule has 0 saturated heterocycles. The average Bonchev–Trinajstić information content (AvgIpc) is 2.73. The van der Waals surface area contributed by atoms with E-state index in [1.807, 2.05) is 0 Å². The summed E-state index contributed by atoms with van der Waals surface area (Å²) >= 11 is 12.1. The number of likely N-dealkylation sites (N-methyl/N-ethyl adjacent to an activating group) is 1. The van der Waals surface area contributed by atoms with Gasteiger partial charge in [0.15, 0.2) is 0 Å². The van der Waals surface area contributed by atoms with Gasteiger partial charge in [-0.25, -0.2) is 13.1 Å². The number of nitrogens with zero attached hydrogens (tertiary/aromatic N) is 1. The van der Waals surface area contributed by atoms with Gasteiger partial charge in [0.2, 0.25) is 21.8 Å². The van der Waals surface area contributed by atoms with Crippen molar-refractivity contribution < 1.29 is 18.0 Å². The monoisotopic (exact) mass is 471 g/mol. The number of hydrogen-bond acceptors (Lipinski definition) is 4. The fourth-order valence-electron chi connectivity index (χ4n) is 2.71. The number of hydrogen-bond donors (Lipinski definition) is 2. The van der Waals surface area contributed by atoms with Crippen molar-refractivity contribution in [1.29, 1.82) is 0 Å². The van der Waals surface area contributed by atoms with Crippen LogP contribution in [0.5, 0.6) is 0 Å². The van der Waals surface area contributed by atoms with E-state index in [4.69, 9.17) is 23.2 Å². The molecule has 30 heavy (non-hydrogen) atoms. The normalized spacial score (nSPS) is 11.2. The van der Waals surface area contributed by atoms with Crippen LogP contribution in [-0.4, -0.2) is 45.3 Å². The standard InChI is InChI=1S/C20H23Cl2N3O4S/c1-3-25(13-18(26)24-20-16(21)5-4-6-17(20)22)19(27)12-9-14-7-10-15(11-8-14)30(28,29)23-2/h4-8,10-11,23H,3,9,12-13H2,1-2H3,(H,24,26). The van der Waals surface area contributed by atoms with Crippen molar-refractivity contribution in [3.8, 4) is 0 Å². The van der Waals surface area contributed by atoms with Crippen molar-refractivity contribution in [2.45, 2.75) is 24.7 Å². The van der Waals surface area contributed by atoms with E-state index in [0.29, 0.717) is 28.7 Å². The molecule has 10 heteroatoms. The minimum absolute atomic E-state index is 0.129. The minimum Gasteiger partial charge on any atom is -0.334 e. The van der Waals surface area contributed by atoms with Crippen molar-refractivity contribution in [1.82, 2.24) is 9.62 Å². The molecule has 0 saturated carbocycles. The fourth-order valence-corrected chi connectivity index (χ4v) is 3.93. The van der Waals surface area contributed by atoms with Gasteiger partial charge in [-0.15, -0.1) is 0 Å². The molecule has 0 aliphatic rings. The third-order valence-corrected chi connectivity index (χ3v) is 6.49. The van der Waals surface area contributed by atoms with E-state index < -0.39 is 15.9 Å². The lowest BCUT2D eigenvalue weighted by Crippen LogP contribution is -2.38. The lowest BCUT2D eigenvalue weighted by atomic mass is 10.1. The van der Waals surface area contributed by atoms with Crippen LogP contribution in [0.15, 0.2) is 47.4 Å². The summed E-state index contributed by atoms with van der Waals surface area (Å²) in [6.07, 6.45) is 0.610. The third-order valence-electron chi connectivity index (χ3n) is 4.43. The molecule has 0 bridgehead atoms. The van der Waals surface area contributed by atoms with E-state index in [-0.39, 0.29) is 23.8 Å². The second-order valence-corrected chi connectivity index (χ2v) is 9.11. The van der Waals surface area contributed by atoms with Gasteiger partial charge in [0, 0.05) is 13.0 Å². The zero-order chi connectivity index (χ0) is 22.3. The number of amides is 2. The molecule has 0 spiro atoms. The lowest BCUT2D eigenvalue weighted by molar-refractivity contribution is -0.134. The number of aryl methyl sites for hydroxylation is 1. The van der Waals surface area contributed by atoms with Crippen molar-refractivity contribution in [2.24, 2.45) is 0 Å².